The summed E-state index contributed by atoms with van der Waals surface area (Å²) in [6.45, 7) is 7.42. The van der Waals surface area contributed by atoms with E-state index in [1.807, 2.05) is 13.8 Å². The van der Waals surface area contributed by atoms with Crippen molar-refractivity contribution in [2.24, 2.45) is 11.8 Å². The second kappa shape index (κ2) is 9.44. The van der Waals surface area contributed by atoms with E-state index in [-0.39, 0.29) is 18.6 Å². The lowest BCUT2D eigenvalue weighted by molar-refractivity contribution is -0.301. The summed E-state index contributed by atoms with van der Waals surface area (Å²) in [7, 11) is 0. The molecule has 9 nitrogen and oxygen atoms in total. The Labute approximate surface area is 175 Å². The average molecular weight is 428 g/mol. The largest absolute Gasteiger partial charge is 0.458 e. The fourth-order valence-corrected chi connectivity index (χ4v) is 4.74. The number of aliphatic hydroxyl groups excluding tert-OH is 5. The molecule has 0 aromatic carbocycles. The molecule has 0 amide bonds. The van der Waals surface area contributed by atoms with Crippen molar-refractivity contribution in [3.8, 4) is 0 Å². The summed E-state index contributed by atoms with van der Waals surface area (Å²) in [4.78, 5) is 11.8. The van der Waals surface area contributed by atoms with Crippen molar-refractivity contribution in [2.45, 2.75) is 76.0 Å². The van der Waals surface area contributed by atoms with Crippen molar-refractivity contribution in [2.75, 3.05) is 13.2 Å². The summed E-state index contributed by atoms with van der Waals surface area (Å²) in [5, 5.41) is 49.7. The minimum absolute atomic E-state index is 0.0304. The molecule has 0 saturated carbocycles. The van der Waals surface area contributed by atoms with Gasteiger partial charge in [-0.2, -0.15) is 0 Å². The quantitative estimate of drug-likeness (QED) is 0.155. The van der Waals surface area contributed by atoms with Crippen molar-refractivity contribution in [3.63, 3.8) is 0 Å². The summed E-state index contributed by atoms with van der Waals surface area (Å²) in [5.74, 6) is -0.828. The number of ether oxygens (including phenoxy) is 3. The van der Waals surface area contributed by atoms with Gasteiger partial charge < -0.3 is 39.7 Å². The first-order valence-corrected chi connectivity index (χ1v) is 10.4. The van der Waals surface area contributed by atoms with Gasteiger partial charge in [0.15, 0.2) is 6.29 Å². The molecule has 0 radical (unpaired) electrons. The van der Waals surface area contributed by atoms with Gasteiger partial charge in [-0.1, -0.05) is 19.1 Å². The number of rotatable bonds is 7. The van der Waals surface area contributed by atoms with Crippen LogP contribution < -0.4 is 0 Å². The smallest absolute Gasteiger partial charge is 0.334 e. The van der Waals surface area contributed by atoms with Gasteiger partial charge in [0.25, 0.3) is 0 Å². The molecule has 1 aliphatic carbocycles. The number of carbonyl (C=O) groups excluding carboxylic acids is 1. The van der Waals surface area contributed by atoms with Gasteiger partial charge in [-0.25, -0.2) is 4.79 Å². The van der Waals surface area contributed by atoms with Gasteiger partial charge in [0.1, 0.15) is 30.5 Å². The molecule has 3 aliphatic rings. The van der Waals surface area contributed by atoms with Crippen LogP contribution in [0.25, 0.3) is 0 Å². The van der Waals surface area contributed by atoms with Gasteiger partial charge in [0.2, 0.25) is 0 Å². The van der Waals surface area contributed by atoms with E-state index in [4.69, 9.17) is 14.2 Å². The van der Waals surface area contributed by atoms with E-state index in [0.29, 0.717) is 24.8 Å². The number of esters is 1. The van der Waals surface area contributed by atoms with E-state index < -0.39 is 55.3 Å². The molecular weight excluding hydrogens is 396 g/mol. The molecule has 2 fully saturated rings. The van der Waals surface area contributed by atoms with Crippen LogP contribution in [0, 0.1) is 11.8 Å². The Morgan fingerprint density at radius 3 is 2.57 bits per heavy atom. The molecule has 5 N–H and O–H groups in total. The van der Waals surface area contributed by atoms with Crippen LogP contribution >= 0.6 is 0 Å². The molecule has 0 aromatic heterocycles. The third-order valence-electron chi connectivity index (χ3n) is 6.43. The topological polar surface area (TPSA) is 146 Å². The van der Waals surface area contributed by atoms with Crippen molar-refractivity contribution in [3.05, 3.63) is 23.3 Å². The van der Waals surface area contributed by atoms with E-state index >= 15 is 0 Å². The summed E-state index contributed by atoms with van der Waals surface area (Å²) in [6, 6.07) is 0. The molecule has 9 atom stereocenters. The van der Waals surface area contributed by atoms with Gasteiger partial charge in [0, 0.05) is 18.6 Å². The van der Waals surface area contributed by atoms with Crippen molar-refractivity contribution >= 4 is 5.97 Å². The number of aliphatic hydroxyl groups is 5. The molecule has 2 aliphatic heterocycles. The van der Waals surface area contributed by atoms with E-state index in [2.05, 4.69) is 6.58 Å². The van der Waals surface area contributed by atoms with Gasteiger partial charge in [0.05, 0.1) is 18.6 Å². The molecule has 0 aromatic rings. The first kappa shape index (κ1) is 23.3. The minimum Gasteiger partial charge on any atom is -0.458 e. The monoisotopic (exact) mass is 428 g/mol. The standard InChI is InChI=1S/C21H32O9/c1-9(14-10(2)7-12-15(17(14)24)11(3)20(27)29-12)5-4-6-28-21-19(26)18(25)16(23)13(8-22)30-21/h9,12-13,15-19,21-26H,3-8H2,1-2H3/t9-,12-,13-,15-,16-,17-,18+,19-,21-/m1/s1. The third-order valence-corrected chi connectivity index (χ3v) is 6.43. The van der Waals surface area contributed by atoms with Crippen molar-refractivity contribution in [1.82, 2.24) is 0 Å². The lowest BCUT2D eigenvalue weighted by Crippen LogP contribution is -2.59. The molecular formula is C21H32O9. The predicted octanol–water partition coefficient (Wildman–Crippen LogP) is -0.602. The Morgan fingerprint density at radius 2 is 1.90 bits per heavy atom. The lowest BCUT2D eigenvalue weighted by Gasteiger charge is -2.39. The van der Waals surface area contributed by atoms with Crippen molar-refractivity contribution < 1.29 is 44.5 Å². The summed E-state index contributed by atoms with van der Waals surface area (Å²) < 4.78 is 16.2. The Kier molecular flexibility index (Phi) is 7.34. The van der Waals surface area contributed by atoms with Gasteiger partial charge in [-0.05, 0) is 31.3 Å². The highest BCUT2D eigenvalue weighted by Crippen LogP contribution is 2.43. The Hall–Kier alpha value is -1.33. The average Bonchev–Trinajstić information content (AvgIpc) is 2.98. The Balaban J connectivity index is 1.52. The van der Waals surface area contributed by atoms with E-state index in [0.717, 1.165) is 11.1 Å². The van der Waals surface area contributed by atoms with Gasteiger partial charge in [-0.15, -0.1) is 0 Å². The summed E-state index contributed by atoms with van der Waals surface area (Å²) in [6.07, 6.45) is -5.79. The second-order valence-corrected chi connectivity index (χ2v) is 8.49. The summed E-state index contributed by atoms with van der Waals surface area (Å²) in [5.41, 5.74) is 2.22. The molecule has 170 valence electrons. The number of fused-ring (bicyclic) bond motifs is 1. The van der Waals surface area contributed by atoms with Crippen LogP contribution in [0.2, 0.25) is 0 Å². The van der Waals surface area contributed by atoms with Crippen LogP contribution in [0.5, 0.6) is 0 Å². The zero-order chi connectivity index (χ0) is 22.2. The molecule has 3 rings (SSSR count). The van der Waals surface area contributed by atoms with Crippen LogP contribution in [-0.2, 0) is 19.0 Å². The SMILES string of the molecule is C=C1C(=O)O[C@@H]2CC(C)=C([C@H](C)CCCO[C@@H]3O[C@H](CO)[C@@H](O)[C@H](O)[C@H]3O)[C@@H](O)[C@H]12. The van der Waals surface area contributed by atoms with Gasteiger partial charge >= 0.3 is 5.97 Å². The zero-order valence-corrected chi connectivity index (χ0v) is 17.3. The van der Waals surface area contributed by atoms with Crippen LogP contribution in [0.3, 0.4) is 0 Å². The molecule has 2 heterocycles. The first-order valence-electron chi connectivity index (χ1n) is 10.4. The molecule has 2 saturated heterocycles. The van der Waals surface area contributed by atoms with E-state index in [1.165, 1.54) is 0 Å². The fourth-order valence-electron chi connectivity index (χ4n) is 4.74. The predicted molar refractivity (Wildman–Crippen MR) is 104 cm³/mol. The maximum absolute atomic E-state index is 11.8. The maximum atomic E-state index is 11.8. The zero-order valence-electron chi connectivity index (χ0n) is 17.3. The summed E-state index contributed by atoms with van der Waals surface area (Å²) >= 11 is 0. The van der Waals surface area contributed by atoms with E-state index in [1.54, 1.807) is 0 Å². The number of hydrogen-bond acceptors (Lipinski definition) is 9. The van der Waals surface area contributed by atoms with Crippen LogP contribution in [0.4, 0.5) is 0 Å². The Morgan fingerprint density at radius 1 is 1.20 bits per heavy atom. The van der Waals surface area contributed by atoms with Crippen molar-refractivity contribution in [1.29, 1.82) is 0 Å². The van der Waals surface area contributed by atoms with Crippen LogP contribution in [0.1, 0.15) is 33.1 Å². The second-order valence-electron chi connectivity index (χ2n) is 8.49. The molecule has 30 heavy (non-hydrogen) atoms. The highest BCUT2D eigenvalue weighted by atomic mass is 16.7. The molecule has 9 heteroatoms. The number of carbonyl (C=O) groups is 1. The lowest BCUT2D eigenvalue weighted by atomic mass is 9.73. The molecule has 0 bridgehead atoms. The van der Waals surface area contributed by atoms with E-state index in [9.17, 15) is 30.3 Å². The minimum atomic E-state index is -1.47. The highest BCUT2D eigenvalue weighted by Gasteiger charge is 2.48. The normalized spacial score (nSPS) is 40.4. The highest BCUT2D eigenvalue weighted by molar-refractivity contribution is 5.91. The molecule has 0 unspecified atom stereocenters. The van der Waals surface area contributed by atoms with Gasteiger partial charge in [-0.3, -0.25) is 0 Å². The third kappa shape index (κ3) is 4.34. The van der Waals surface area contributed by atoms with Crippen LogP contribution in [-0.4, -0.2) is 87.6 Å². The first-order chi connectivity index (χ1) is 14.2. The fraction of sp³-hybridized carbons (Fsp3) is 0.762. The Bertz CT molecular complexity index is 688. The number of hydrogen-bond donors (Lipinski definition) is 5. The molecule has 0 spiro atoms. The van der Waals surface area contributed by atoms with Crippen LogP contribution in [0.15, 0.2) is 23.3 Å². The maximum Gasteiger partial charge on any atom is 0.334 e.